The first-order valence-corrected chi connectivity index (χ1v) is 7.97. The highest BCUT2D eigenvalue weighted by Gasteiger charge is 2.21. The molecule has 1 atom stereocenters. The summed E-state index contributed by atoms with van der Waals surface area (Å²) < 4.78 is 6.68. The largest absolute Gasteiger partial charge is 0.493 e. The maximum Gasteiger partial charge on any atom is 0.171 e. The molecule has 0 bridgehead atoms. The number of fused-ring (bicyclic) bond motifs is 1. The quantitative estimate of drug-likeness (QED) is 0.782. The van der Waals surface area contributed by atoms with Gasteiger partial charge >= 0.3 is 0 Å². The highest BCUT2D eigenvalue weighted by atomic mass is 79.9. The Bertz CT molecular complexity index is 662. The van der Waals surface area contributed by atoms with E-state index in [0.717, 1.165) is 27.9 Å². The molecule has 0 spiro atoms. The van der Waals surface area contributed by atoms with Gasteiger partial charge in [0.1, 0.15) is 5.75 Å². The first kappa shape index (κ1) is 14.4. The van der Waals surface area contributed by atoms with Crippen LogP contribution in [0.1, 0.15) is 18.0 Å². The predicted octanol–water partition coefficient (Wildman–Crippen LogP) is 4.26. The first-order chi connectivity index (χ1) is 10.2. The van der Waals surface area contributed by atoms with Gasteiger partial charge in [0, 0.05) is 22.1 Å². The zero-order valence-electron chi connectivity index (χ0n) is 11.3. The SMILES string of the molecule is S=C(Nc1cccc(Br)c1)N[C@H]1CCOc2ccccc21. The van der Waals surface area contributed by atoms with Crippen LogP contribution in [0.2, 0.25) is 0 Å². The number of thiocarbonyl (C=S) groups is 1. The lowest BCUT2D eigenvalue weighted by Gasteiger charge is -2.27. The Kier molecular flexibility index (Phi) is 4.41. The highest BCUT2D eigenvalue weighted by molar-refractivity contribution is 9.10. The van der Waals surface area contributed by atoms with E-state index < -0.39 is 0 Å². The molecular weight excluding hydrogens is 348 g/mol. The highest BCUT2D eigenvalue weighted by Crippen LogP contribution is 2.31. The van der Waals surface area contributed by atoms with E-state index in [1.165, 1.54) is 0 Å². The van der Waals surface area contributed by atoms with Crippen molar-refractivity contribution in [2.24, 2.45) is 0 Å². The summed E-state index contributed by atoms with van der Waals surface area (Å²) in [5.74, 6) is 0.937. The second kappa shape index (κ2) is 6.45. The van der Waals surface area contributed by atoms with Gasteiger partial charge in [0.15, 0.2) is 5.11 Å². The first-order valence-electron chi connectivity index (χ1n) is 6.77. The van der Waals surface area contributed by atoms with Gasteiger partial charge in [-0.15, -0.1) is 0 Å². The van der Waals surface area contributed by atoms with Crippen molar-refractivity contribution in [3.63, 3.8) is 0 Å². The van der Waals surface area contributed by atoms with Crippen LogP contribution in [-0.4, -0.2) is 11.7 Å². The maximum atomic E-state index is 5.66. The molecule has 0 aliphatic carbocycles. The molecule has 3 nitrogen and oxygen atoms in total. The number of benzene rings is 2. The van der Waals surface area contributed by atoms with E-state index in [1.807, 2.05) is 42.5 Å². The van der Waals surface area contributed by atoms with Crippen molar-refractivity contribution in [1.29, 1.82) is 0 Å². The Labute approximate surface area is 137 Å². The minimum Gasteiger partial charge on any atom is -0.493 e. The van der Waals surface area contributed by atoms with Crippen LogP contribution in [0.4, 0.5) is 5.69 Å². The molecule has 0 radical (unpaired) electrons. The van der Waals surface area contributed by atoms with Crippen molar-refractivity contribution in [2.75, 3.05) is 11.9 Å². The Morgan fingerprint density at radius 3 is 2.90 bits per heavy atom. The van der Waals surface area contributed by atoms with E-state index in [9.17, 15) is 0 Å². The lowest BCUT2D eigenvalue weighted by atomic mass is 10.0. The molecule has 0 amide bonds. The van der Waals surface area contributed by atoms with Crippen LogP contribution in [-0.2, 0) is 0 Å². The number of anilines is 1. The van der Waals surface area contributed by atoms with E-state index >= 15 is 0 Å². The Morgan fingerprint density at radius 1 is 1.19 bits per heavy atom. The fraction of sp³-hybridized carbons (Fsp3) is 0.188. The van der Waals surface area contributed by atoms with E-state index in [2.05, 4.69) is 32.6 Å². The van der Waals surface area contributed by atoms with Gasteiger partial charge in [-0.1, -0.05) is 40.2 Å². The fourth-order valence-corrected chi connectivity index (χ4v) is 3.04. The van der Waals surface area contributed by atoms with Gasteiger partial charge in [-0.3, -0.25) is 0 Å². The zero-order valence-corrected chi connectivity index (χ0v) is 13.7. The summed E-state index contributed by atoms with van der Waals surface area (Å²) in [5.41, 5.74) is 2.12. The second-order valence-corrected chi connectivity index (χ2v) is 6.16. The van der Waals surface area contributed by atoms with Gasteiger partial charge < -0.3 is 15.4 Å². The third-order valence-electron chi connectivity index (χ3n) is 3.35. The van der Waals surface area contributed by atoms with Crippen LogP contribution in [0, 0.1) is 0 Å². The molecule has 0 unspecified atom stereocenters. The summed E-state index contributed by atoms with van der Waals surface area (Å²) in [6, 6.07) is 16.2. The Morgan fingerprint density at radius 2 is 2.05 bits per heavy atom. The van der Waals surface area contributed by atoms with Crippen LogP contribution in [0.5, 0.6) is 5.75 Å². The molecule has 2 aromatic rings. The lowest BCUT2D eigenvalue weighted by Crippen LogP contribution is -2.35. The topological polar surface area (TPSA) is 33.3 Å². The number of ether oxygens (including phenoxy) is 1. The standard InChI is InChI=1S/C16H15BrN2OS/c17-11-4-3-5-12(10-11)18-16(21)19-14-8-9-20-15-7-2-1-6-13(14)15/h1-7,10,14H,8-9H2,(H2,18,19,21)/t14-/m0/s1. The third-order valence-corrected chi connectivity index (χ3v) is 4.06. The number of para-hydroxylation sites is 1. The summed E-state index contributed by atoms with van der Waals surface area (Å²) in [4.78, 5) is 0. The van der Waals surface area contributed by atoms with Crippen molar-refractivity contribution in [3.05, 3.63) is 58.6 Å². The van der Waals surface area contributed by atoms with Gasteiger partial charge in [0.2, 0.25) is 0 Å². The van der Waals surface area contributed by atoms with Crippen molar-refractivity contribution in [1.82, 2.24) is 5.32 Å². The van der Waals surface area contributed by atoms with Gasteiger partial charge in [-0.2, -0.15) is 0 Å². The number of rotatable bonds is 2. The summed E-state index contributed by atoms with van der Waals surface area (Å²) in [7, 11) is 0. The minimum atomic E-state index is 0.183. The van der Waals surface area contributed by atoms with Crippen molar-refractivity contribution >= 4 is 38.9 Å². The molecule has 1 aliphatic heterocycles. The van der Waals surface area contributed by atoms with E-state index in [1.54, 1.807) is 0 Å². The van der Waals surface area contributed by atoms with Crippen molar-refractivity contribution in [3.8, 4) is 5.75 Å². The lowest BCUT2D eigenvalue weighted by molar-refractivity contribution is 0.262. The third kappa shape index (κ3) is 3.54. The average molecular weight is 363 g/mol. The van der Waals surface area contributed by atoms with E-state index in [4.69, 9.17) is 17.0 Å². The summed E-state index contributed by atoms with van der Waals surface area (Å²) in [6.45, 7) is 0.703. The van der Waals surface area contributed by atoms with Gasteiger partial charge in [0.05, 0.1) is 12.6 Å². The minimum absolute atomic E-state index is 0.183. The number of hydrogen-bond acceptors (Lipinski definition) is 2. The Balaban J connectivity index is 1.68. The van der Waals surface area contributed by atoms with Gasteiger partial charge in [0.25, 0.3) is 0 Å². The van der Waals surface area contributed by atoms with Crippen LogP contribution in [0.25, 0.3) is 0 Å². The smallest absolute Gasteiger partial charge is 0.171 e. The van der Waals surface area contributed by atoms with Gasteiger partial charge in [-0.25, -0.2) is 0 Å². The monoisotopic (exact) mass is 362 g/mol. The molecule has 3 rings (SSSR count). The predicted molar refractivity (Wildman–Crippen MR) is 92.8 cm³/mol. The summed E-state index contributed by atoms with van der Waals surface area (Å²) in [6.07, 6.45) is 0.900. The zero-order chi connectivity index (χ0) is 14.7. The molecule has 108 valence electrons. The molecule has 0 saturated heterocycles. The molecule has 2 N–H and O–H groups in total. The normalized spacial score (nSPS) is 16.5. The number of nitrogens with one attached hydrogen (secondary N) is 2. The van der Waals surface area contributed by atoms with E-state index in [0.29, 0.717) is 11.7 Å². The van der Waals surface area contributed by atoms with Crippen molar-refractivity contribution < 1.29 is 4.74 Å². The molecule has 0 aromatic heterocycles. The van der Waals surface area contributed by atoms with Crippen molar-refractivity contribution in [2.45, 2.75) is 12.5 Å². The molecule has 5 heteroatoms. The molecule has 1 aliphatic rings. The summed E-state index contributed by atoms with van der Waals surface area (Å²) in [5, 5.41) is 7.20. The van der Waals surface area contributed by atoms with E-state index in [-0.39, 0.29) is 6.04 Å². The Hall–Kier alpha value is -1.59. The van der Waals surface area contributed by atoms with Gasteiger partial charge in [-0.05, 0) is 36.5 Å². The molecule has 2 aromatic carbocycles. The average Bonchev–Trinajstić information content (AvgIpc) is 2.47. The molecule has 21 heavy (non-hydrogen) atoms. The maximum absolute atomic E-state index is 5.66. The molecule has 1 heterocycles. The summed E-state index contributed by atoms with van der Waals surface area (Å²) >= 11 is 8.86. The van der Waals surface area contributed by atoms with Crippen LogP contribution >= 0.6 is 28.1 Å². The second-order valence-electron chi connectivity index (χ2n) is 4.84. The number of halogens is 1. The van der Waals surface area contributed by atoms with Crippen LogP contribution in [0.15, 0.2) is 53.0 Å². The fourth-order valence-electron chi connectivity index (χ4n) is 2.38. The molecule has 0 saturated carbocycles. The number of hydrogen-bond donors (Lipinski definition) is 2. The van der Waals surface area contributed by atoms with Crippen LogP contribution < -0.4 is 15.4 Å². The van der Waals surface area contributed by atoms with Crippen LogP contribution in [0.3, 0.4) is 0 Å². The molecule has 0 fully saturated rings. The molecular formula is C16H15BrN2OS.